The lowest BCUT2D eigenvalue weighted by molar-refractivity contribution is -0.139. The van der Waals surface area contributed by atoms with E-state index in [0.717, 1.165) is 5.56 Å². The van der Waals surface area contributed by atoms with Crippen molar-refractivity contribution in [3.05, 3.63) is 100 Å². The van der Waals surface area contributed by atoms with Crippen molar-refractivity contribution >= 4 is 35.4 Å². The van der Waals surface area contributed by atoms with E-state index in [1.54, 1.807) is 68.4 Å². The number of ether oxygens (including phenoxy) is 4. The molecule has 0 radical (unpaired) electrons. The quantitative estimate of drug-likeness (QED) is 0.119. The van der Waals surface area contributed by atoms with Crippen LogP contribution in [0.25, 0.3) is 0 Å². The maximum absolute atomic E-state index is 12.7. The predicted molar refractivity (Wildman–Crippen MR) is 167 cm³/mol. The third kappa shape index (κ3) is 8.11. The molecule has 0 unspecified atom stereocenters. The zero-order valence-corrected chi connectivity index (χ0v) is 25.2. The van der Waals surface area contributed by atoms with Crippen LogP contribution in [0.3, 0.4) is 0 Å². The lowest BCUT2D eigenvalue weighted by atomic mass is 9.95. The van der Waals surface area contributed by atoms with Crippen LogP contribution in [-0.4, -0.2) is 43.5 Å². The summed E-state index contributed by atoms with van der Waals surface area (Å²) in [6.45, 7) is 3.67. The van der Waals surface area contributed by atoms with Crippen LogP contribution in [0.15, 0.2) is 83.1 Å². The summed E-state index contributed by atoms with van der Waals surface area (Å²) in [6, 6.07) is 20.9. The second-order valence-electron chi connectivity index (χ2n) is 9.42. The third-order valence-corrected chi connectivity index (χ3v) is 6.64. The maximum Gasteiger partial charge on any atom is 0.338 e. The molecule has 0 bridgehead atoms. The number of benzene rings is 3. The van der Waals surface area contributed by atoms with Crippen molar-refractivity contribution in [3.8, 4) is 23.3 Å². The summed E-state index contributed by atoms with van der Waals surface area (Å²) in [5, 5.41) is 19.4. The standard InChI is InChI=1S/C32H31N5O6S/c1-4-41-31(39)29-20(2)35-32(44)36-30(29)24-7-5-6-8-25(24)43-19-28(38)37-34-17-23-13-14-26(27(15-23)40-3)42-18-22-11-9-21(16-33)10-12-22/h5-15,17,30H,4,18-19H2,1-3H3,(H,37,38)(H2,35,36,44)/t30-/m1/s1. The van der Waals surface area contributed by atoms with Crippen LogP contribution in [0.5, 0.6) is 17.2 Å². The van der Waals surface area contributed by atoms with Gasteiger partial charge in [0.05, 0.1) is 43.2 Å². The van der Waals surface area contributed by atoms with Crippen molar-refractivity contribution in [2.45, 2.75) is 26.5 Å². The van der Waals surface area contributed by atoms with Gasteiger partial charge in [-0.05, 0) is 73.6 Å². The average molecular weight is 614 g/mol. The highest BCUT2D eigenvalue weighted by atomic mass is 32.1. The minimum atomic E-state index is -0.633. The molecule has 3 aromatic carbocycles. The molecular formula is C32H31N5O6S. The molecule has 1 aliphatic heterocycles. The molecular weight excluding hydrogens is 582 g/mol. The highest BCUT2D eigenvalue weighted by molar-refractivity contribution is 7.80. The van der Waals surface area contributed by atoms with E-state index >= 15 is 0 Å². The van der Waals surface area contributed by atoms with Crippen LogP contribution in [0.4, 0.5) is 0 Å². The van der Waals surface area contributed by atoms with E-state index in [1.165, 1.54) is 13.3 Å². The Morgan fingerprint density at radius 2 is 1.84 bits per heavy atom. The number of carbonyl (C=O) groups is 2. The lowest BCUT2D eigenvalue weighted by Crippen LogP contribution is -2.45. The number of amides is 1. The summed E-state index contributed by atoms with van der Waals surface area (Å²) < 4.78 is 22.4. The minimum absolute atomic E-state index is 0.218. The van der Waals surface area contributed by atoms with Gasteiger partial charge in [0, 0.05) is 11.3 Å². The number of para-hydroxylation sites is 1. The van der Waals surface area contributed by atoms with Gasteiger partial charge in [-0.3, -0.25) is 4.79 Å². The first-order chi connectivity index (χ1) is 21.3. The van der Waals surface area contributed by atoms with Crippen molar-refractivity contribution in [2.24, 2.45) is 5.10 Å². The Balaban J connectivity index is 1.36. The van der Waals surface area contributed by atoms with Gasteiger partial charge in [0.25, 0.3) is 5.91 Å². The fourth-order valence-electron chi connectivity index (χ4n) is 4.33. The van der Waals surface area contributed by atoms with E-state index < -0.39 is 17.9 Å². The molecule has 0 saturated carbocycles. The molecule has 4 rings (SSSR count). The molecule has 0 aromatic heterocycles. The van der Waals surface area contributed by atoms with E-state index in [4.69, 9.17) is 36.4 Å². The Bertz CT molecular complexity index is 1630. The summed E-state index contributed by atoms with van der Waals surface area (Å²) in [7, 11) is 1.53. The number of nitrogens with one attached hydrogen (secondary N) is 3. The van der Waals surface area contributed by atoms with Gasteiger partial charge in [-0.2, -0.15) is 10.4 Å². The third-order valence-electron chi connectivity index (χ3n) is 6.42. The zero-order chi connectivity index (χ0) is 31.5. The first-order valence-corrected chi connectivity index (χ1v) is 14.0. The van der Waals surface area contributed by atoms with Crippen LogP contribution in [0.1, 0.15) is 42.1 Å². The second-order valence-corrected chi connectivity index (χ2v) is 9.83. The summed E-state index contributed by atoms with van der Waals surface area (Å²) in [5.41, 5.74) is 6.15. The molecule has 0 spiro atoms. The smallest absolute Gasteiger partial charge is 0.338 e. The predicted octanol–water partition coefficient (Wildman–Crippen LogP) is 4.03. The summed E-state index contributed by atoms with van der Waals surface area (Å²) in [5.74, 6) is 0.444. The fourth-order valence-corrected chi connectivity index (χ4v) is 4.60. The van der Waals surface area contributed by atoms with Gasteiger partial charge in [0.15, 0.2) is 23.2 Å². The van der Waals surface area contributed by atoms with E-state index in [0.29, 0.717) is 56.9 Å². The first-order valence-electron chi connectivity index (χ1n) is 13.6. The van der Waals surface area contributed by atoms with Gasteiger partial charge in [0.2, 0.25) is 0 Å². The Morgan fingerprint density at radius 3 is 2.57 bits per heavy atom. The van der Waals surface area contributed by atoms with Crippen molar-refractivity contribution < 1.29 is 28.5 Å². The second kappa shape index (κ2) is 15.2. The summed E-state index contributed by atoms with van der Waals surface area (Å²) >= 11 is 5.31. The Morgan fingerprint density at radius 1 is 1.07 bits per heavy atom. The van der Waals surface area contributed by atoms with Crippen molar-refractivity contribution in [1.82, 2.24) is 16.1 Å². The molecule has 0 aliphatic carbocycles. The lowest BCUT2D eigenvalue weighted by Gasteiger charge is -2.30. The van der Waals surface area contributed by atoms with Crippen LogP contribution in [-0.2, 0) is 20.9 Å². The van der Waals surface area contributed by atoms with Crippen LogP contribution in [0.2, 0.25) is 0 Å². The molecule has 0 fully saturated rings. The number of hydrogen-bond acceptors (Lipinski definition) is 9. The molecule has 0 saturated heterocycles. The van der Waals surface area contributed by atoms with Gasteiger partial charge < -0.3 is 29.6 Å². The number of nitriles is 1. The number of rotatable bonds is 12. The number of allylic oxidation sites excluding steroid dienone is 1. The van der Waals surface area contributed by atoms with Crippen LogP contribution >= 0.6 is 12.2 Å². The number of hydrogen-bond donors (Lipinski definition) is 3. The molecule has 3 N–H and O–H groups in total. The number of hydrazone groups is 1. The zero-order valence-electron chi connectivity index (χ0n) is 24.4. The fraction of sp³-hybridized carbons (Fsp3) is 0.219. The Kier molecular flexibility index (Phi) is 10.9. The largest absolute Gasteiger partial charge is 0.493 e. The molecule has 1 amide bonds. The molecule has 12 heteroatoms. The minimum Gasteiger partial charge on any atom is -0.493 e. The number of nitrogens with zero attached hydrogens (tertiary/aromatic N) is 2. The first kappa shape index (κ1) is 31.5. The van der Waals surface area contributed by atoms with Crippen molar-refractivity contribution in [3.63, 3.8) is 0 Å². The van der Waals surface area contributed by atoms with Gasteiger partial charge in [0.1, 0.15) is 12.4 Å². The Labute approximate surface area is 260 Å². The maximum atomic E-state index is 12.7. The van der Waals surface area contributed by atoms with Gasteiger partial charge in [-0.25, -0.2) is 10.2 Å². The molecule has 11 nitrogen and oxygen atoms in total. The van der Waals surface area contributed by atoms with E-state index in [2.05, 4.69) is 27.2 Å². The van der Waals surface area contributed by atoms with E-state index in [-0.39, 0.29) is 13.2 Å². The number of methoxy groups -OCH3 is 1. The highest BCUT2D eigenvalue weighted by Gasteiger charge is 2.32. The summed E-state index contributed by atoms with van der Waals surface area (Å²) in [6.07, 6.45) is 1.47. The molecule has 3 aromatic rings. The molecule has 1 heterocycles. The Hall–Kier alpha value is -5.41. The molecule has 44 heavy (non-hydrogen) atoms. The topological polar surface area (TPSA) is 143 Å². The van der Waals surface area contributed by atoms with Crippen LogP contribution < -0.4 is 30.3 Å². The molecule has 1 atom stereocenters. The van der Waals surface area contributed by atoms with E-state index in [1.807, 2.05) is 12.1 Å². The highest BCUT2D eigenvalue weighted by Crippen LogP contribution is 2.33. The van der Waals surface area contributed by atoms with Crippen molar-refractivity contribution in [1.29, 1.82) is 5.26 Å². The SMILES string of the molecule is CCOC(=O)C1=C(C)NC(=S)N[C@@H]1c1ccccc1OCC(=O)NN=Cc1ccc(OCc2ccc(C#N)cc2)c(OC)c1. The van der Waals surface area contributed by atoms with E-state index in [9.17, 15) is 9.59 Å². The average Bonchev–Trinajstić information content (AvgIpc) is 3.03. The molecule has 1 aliphatic rings. The van der Waals surface area contributed by atoms with Crippen LogP contribution in [0, 0.1) is 11.3 Å². The number of thiocarbonyl (C=S) groups is 1. The molecule has 226 valence electrons. The summed E-state index contributed by atoms with van der Waals surface area (Å²) in [4.78, 5) is 25.3. The van der Waals surface area contributed by atoms with Gasteiger partial charge in [-0.1, -0.05) is 30.3 Å². The monoisotopic (exact) mass is 613 g/mol. The number of carbonyl (C=O) groups excluding carboxylic acids is 2. The normalized spacial score (nSPS) is 14.2. The van der Waals surface area contributed by atoms with Crippen molar-refractivity contribution in [2.75, 3.05) is 20.3 Å². The number of esters is 1. The van der Waals surface area contributed by atoms with Gasteiger partial charge >= 0.3 is 5.97 Å². The van der Waals surface area contributed by atoms with Gasteiger partial charge in [-0.15, -0.1) is 0 Å².